The summed E-state index contributed by atoms with van der Waals surface area (Å²) in [5, 5.41) is 3.39. The summed E-state index contributed by atoms with van der Waals surface area (Å²) in [6, 6.07) is 0. The van der Waals surface area contributed by atoms with E-state index in [4.69, 9.17) is 0 Å². The Morgan fingerprint density at radius 3 is 2.45 bits per heavy atom. The molecule has 0 bridgehead atoms. The average molecular weight is 155 g/mol. The van der Waals surface area contributed by atoms with Crippen molar-refractivity contribution >= 4 is 0 Å². The fraction of sp³-hybridized carbons (Fsp3) is 0.800. The van der Waals surface area contributed by atoms with Crippen molar-refractivity contribution < 1.29 is 0 Å². The second-order valence-electron chi connectivity index (χ2n) is 3.72. The van der Waals surface area contributed by atoms with E-state index in [0.717, 1.165) is 13.1 Å². The van der Waals surface area contributed by atoms with Crippen molar-refractivity contribution in [3.63, 3.8) is 0 Å². The third-order valence-corrected chi connectivity index (χ3v) is 2.06. The maximum Gasteiger partial charge on any atom is 0.0135 e. The highest BCUT2D eigenvalue weighted by molar-refractivity contribution is 4.80. The van der Waals surface area contributed by atoms with E-state index in [2.05, 4.69) is 38.2 Å². The summed E-state index contributed by atoms with van der Waals surface area (Å²) in [6.45, 7) is 11.0. The molecule has 0 aliphatic carbocycles. The summed E-state index contributed by atoms with van der Waals surface area (Å²) < 4.78 is 0. The smallest absolute Gasteiger partial charge is 0.0135 e. The van der Waals surface area contributed by atoms with Gasteiger partial charge in [-0.15, -0.1) is 0 Å². The molecule has 0 saturated heterocycles. The van der Waals surface area contributed by atoms with E-state index in [1.165, 1.54) is 6.42 Å². The summed E-state index contributed by atoms with van der Waals surface area (Å²) in [5.74, 6) is 0. The molecular formula is C10H21N. The second-order valence-corrected chi connectivity index (χ2v) is 3.72. The van der Waals surface area contributed by atoms with Crippen molar-refractivity contribution in [2.75, 3.05) is 13.1 Å². The number of rotatable bonds is 5. The Hall–Kier alpha value is -0.300. The molecule has 1 nitrogen and oxygen atoms in total. The lowest BCUT2D eigenvalue weighted by Gasteiger charge is -2.22. The van der Waals surface area contributed by atoms with E-state index in [1.807, 2.05) is 6.92 Å². The first-order chi connectivity index (χ1) is 5.12. The molecule has 0 saturated carbocycles. The Morgan fingerprint density at radius 1 is 1.36 bits per heavy atom. The average Bonchev–Trinajstić information content (AvgIpc) is 1.99. The number of allylic oxidation sites excluding steroid dienone is 1. The molecule has 0 amide bonds. The minimum Gasteiger partial charge on any atom is -0.313 e. The lowest BCUT2D eigenvalue weighted by Crippen LogP contribution is -2.28. The number of hydrogen-bond acceptors (Lipinski definition) is 1. The van der Waals surface area contributed by atoms with Crippen LogP contribution in [0.15, 0.2) is 12.2 Å². The monoisotopic (exact) mass is 155 g/mol. The Kier molecular flexibility index (Phi) is 5.22. The molecule has 1 heteroatoms. The van der Waals surface area contributed by atoms with Crippen molar-refractivity contribution in [1.29, 1.82) is 0 Å². The van der Waals surface area contributed by atoms with Gasteiger partial charge in [0.15, 0.2) is 0 Å². The van der Waals surface area contributed by atoms with E-state index in [0.29, 0.717) is 5.41 Å². The van der Waals surface area contributed by atoms with Crippen molar-refractivity contribution in [1.82, 2.24) is 5.32 Å². The highest BCUT2D eigenvalue weighted by Crippen LogP contribution is 2.17. The molecule has 0 heterocycles. The standard InChI is InChI=1S/C10H21N/c1-5-7-8-11-9-10(3,4)6-2/h5,7,11H,6,8-9H2,1-4H3/b7-5+. The SMILES string of the molecule is C/C=C/CNCC(C)(C)CC. The van der Waals surface area contributed by atoms with Crippen LogP contribution in [0.25, 0.3) is 0 Å². The lowest BCUT2D eigenvalue weighted by molar-refractivity contribution is 0.334. The first-order valence-corrected chi connectivity index (χ1v) is 4.44. The van der Waals surface area contributed by atoms with Gasteiger partial charge in [0, 0.05) is 13.1 Å². The Morgan fingerprint density at radius 2 is 2.00 bits per heavy atom. The van der Waals surface area contributed by atoms with Crippen LogP contribution >= 0.6 is 0 Å². The fourth-order valence-electron chi connectivity index (χ4n) is 0.737. The molecular weight excluding hydrogens is 134 g/mol. The van der Waals surface area contributed by atoms with Crippen LogP contribution in [0.2, 0.25) is 0 Å². The third-order valence-electron chi connectivity index (χ3n) is 2.06. The zero-order chi connectivity index (χ0) is 8.74. The van der Waals surface area contributed by atoms with Gasteiger partial charge in [-0.25, -0.2) is 0 Å². The van der Waals surface area contributed by atoms with Crippen LogP contribution in [0.1, 0.15) is 34.1 Å². The van der Waals surface area contributed by atoms with Crippen molar-refractivity contribution in [3.05, 3.63) is 12.2 Å². The Labute approximate surface area is 70.9 Å². The topological polar surface area (TPSA) is 12.0 Å². The quantitative estimate of drug-likeness (QED) is 0.475. The molecule has 66 valence electrons. The summed E-state index contributed by atoms with van der Waals surface area (Å²) in [7, 11) is 0. The predicted octanol–water partition coefficient (Wildman–Crippen LogP) is 2.59. The molecule has 0 aromatic heterocycles. The van der Waals surface area contributed by atoms with Crippen LogP contribution in [0.4, 0.5) is 0 Å². The van der Waals surface area contributed by atoms with Crippen molar-refractivity contribution in [2.45, 2.75) is 34.1 Å². The van der Waals surface area contributed by atoms with E-state index >= 15 is 0 Å². The van der Waals surface area contributed by atoms with E-state index in [1.54, 1.807) is 0 Å². The van der Waals surface area contributed by atoms with Crippen LogP contribution in [0.3, 0.4) is 0 Å². The third kappa shape index (κ3) is 6.11. The molecule has 0 rings (SSSR count). The van der Waals surface area contributed by atoms with Gasteiger partial charge in [0.05, 0.1) is 0 Å². The summed E-state index contributed by atoms with van der Waals surface area (Å²) in [5.41, 5.74) is 0.446. The number of hydrogen-bond donors (Lipinski definition) is 1. The molecule has 0 fully saturated rings. The lowest BCUT2D eigenvalue weighted by atomic mass is 9.90. The molecule has 0 atom stereocenters. The molecule has 11 heavy (non-hydrogen) atoms. The Bertz CT molecular complexity index is 114. The fourth-order valence-corrected chi connectivity index (χ4v) is 0.737. The normalized spacial score (nSPS) is 12.7. The largest absolute Gasteiger partial charge is 0.313 e. The van der Waals surface area contributed by atoms with Crippen LogP contribution in [-0.4, -0.2) is 13.1 Å². The summed E-state index contributed by atoms with van der Waals surface area (Å²) in [4.78, 5) is 0. The van der Waals surface area contributed by atoms with Gasteiger partial charge in [-0.1, -0.05) is 32.9 Å². The molecule has 0 spiro atoms. The minimum absolute atomic E-state index is 0.446. The van der Waals surface area contributed by atoms with Gasteiger partial charge in [-0.2, -0.15) is 0 Å². The van der Waals surface area contributed by atoms with Gasteiger partial charge < -0.3 is 5.32 Å². The van der Waals surface area contributed by atoms with Crippen LogP contribution < -0.4 is 5.32 Å². The van der Waals surface area contributed by atoms with Crippen molar-refractivity contribution in [2.24, 2.45) is 5.41 Å². The maximum absolute atomic E-state index is 3.39. The maximum atomic E-state index is 3.39. The van der Waals surface area contributed by atoms with Gasteiger partial charge in [0.2, 0.25) is 0 Å². The van der Waals surface area contributed by atoms with Crippen LogP contribution in [0, 0.1) is 5.41 Å². The van der Waals surface area contributed by atoms with Crippen molar-refractivity contribution in [3.8, 4) is 0 Å². The van der Waals surface area contributed by atoms with Gasteiger partial charge in [0.25, 0.3) is 0 Å². The highest BCUT2D eigenvalue weighted by atomic mass is 14.9. The van der Waals surface area contributed by atoms with Gasteiger partial charge in [-0.05, 0) is 18.8 Å². The molecule has 0 aliphatic rings. The van der Waals surface area contributed by atoms with Gasteiger partial charge >= 0.3 is 0 Å². The molecule has 0 unspecified atom stereocenters. The predicted molar refractivity (Wildman–Crippen MR) is 51.8 cm³/mol. The molecule has 0 aromatic carbocycles. The van der Waals surface area contributed by atoms with Gasteiger partial charge in [0.1, 0.15) is 0 Å². The first kappa shape index (κ1) is 10.7. The molecule has 0 radical (unpaired) electrons. The van der Waals surface area contributed by atoms with E-state index < -0.39 is 0 Å². The van der Waals surface area contributed by atoms with Crippen LogP contribution in [-0.2, 0) is 0 Å². The van der Waals surface area contributed by atoms with Crippen LogP contribution in [0.5, 0.6) is 0 Å². The molecule has 0 aromatic rings. The Balaban J connectivity index is 3.37. The number of nitrogens with one attached hydrogen (secondary N) is 1. The minimum atomic E-state index is 0.446. The zero-order valence-electron chi connectivity index (χ0n) is 8.28. The summed E-state index contributed by atoms with van der Waals surface area (Å²) in [6.07, 6.45) is 5.45. The summed E-state index contributed by atoms with van der Waals surface area (Å²) >= 11 is 0. The highest BCUT2D eigenvalue weighted by Gasteiger charge is 2.12. The second kappa shape index (κ2) is 5.36. The first-order valence-electron chi connectivity index (χ1n) is 4.44. The van der Waals surface area contributed by atoms with Gasteiger partial charge in [-0.3, -0.25) is 0 Å². The van der Waals surface area contributed by atoms with E-state index in [9.17, 15) is 0 Å². The zero-order valence-corrected chi connectivity index (χ0v) is 8.28. The molecule has 1 N–H and O–H groups in total. The van der Waals surface area contributed by atoms with E-state index in [-0.39, 0.29) is 0 Å². The molecule has 0 aliphatic heterocycles.